The molecule has 178 valence electrons. The van der Waals surface area contributed by atoms with Gasteiger partial charge in [-0.2, -0.15) is 4.31 Å². The van der Waals surface area contributed by atoms with Crippen molar-refractivity contribution in [3.8, 4) is 5.75 Å². The van der Waals surface area contributed by atoms with Gasteiger partial charge in [-0.3, -0.25) is 10.1 Å². The van der Waals surface area contributed by atoms with E-state index in [0.29, 0.717) is 0 Å². The quantitative estimate of drug-likeness (QED) is 0.428. The standard InChI is InChI=1S/C21H34N6O4S/c1-4-6-16-18-19(26(3)25-16)21(28)24-20(23-18)15-13-14(7-8-17(15)31-5-2)32(29,30)27-11-9-22-10-12-27/h7-8,13,16,18-20,22-23,25H,4-6,9-12H2,1-3H3,(H,24,28)/i9D2,10D2,11D2,12D2. The first-order valence-electron chi connectivity index (χ1n) is 14.5. The molecule has 1 aromatic rings. The first-order chi connectivity index (χ1) is 18.3. The summed E-state index contributed by atoms with van der Waals surface area (Å²) < 4.78 is 97.8. The SMILES string of the molecule is [2H]C1([2H])NC([2H])([2H])C([2H])([2H])N(S(=O)(=O)c2ccc(OCC)c(C3NC(=O)C4C(N3)C(CCC)NN4C)c2)C1([2H])[2H]. The zero-order valence-electron chi connectivity index (χ0n) is 26.1. The minimum atomic E-state index is -5.22. The Hall–Kier alpha value is -1.76. The highest BCUT2D eigenvalue weighted by atomic mass is 32.2. The smallest absolute Gasteiger partial charge is 0.243 e. The highest BCUT2D eigenvalue weighted by Gasteiger charge is 2.48. The third kappa shape index (κ3) is 4.37. The molecule has 11 heteroatoms. The molecule has 0 spiro atoms. The average molecular weight is 475 g/mol. The molecule has 3 fully saturated rings. The van der Waals surface area contributed by atoms with E-state index >= 15 is 0 Å². The zero-order valence-corrected chi connectivity index (χ0v) is 18.9. The topological polar surface area (TPSA) is 115 Å². The van der Waals surface area contributed by atoms with E-state index in [2.05, 4.69) is 16.1 Å². The van der Waals surface area contributed by atoms with Gasteiger partial charge in [0.2, 0.25) is 15.9 Å². The van der Waals surface area contributed by atoms with Gasteiger partial charge in [-0.25, -0.2) is 18.9 Å². The van der Waals surface area contributed by atoms with Gasteiger partial charge in [-0.05, 0) is 31.5 Å². The van der Waals surface area contributed by atoms with Crippen LogP contribution in [0.25, 0.3) is 0 Å². The van der Waals surface area contributed by atoms with Gasteiger partial charge >= 0.3 is 0 Å². The summed E-state index contributed by atoms with van der Waals surface area (Å²) in [5, 5.41) is 9.49. The maximum absolute atomic E-state index is 13.8. The second-order valence-electron chi connectivity index (χ2n) is 7.71. The van der Waals surface area contributed by atoms with Crippen LogP contribution in [0, 0.1) is 0 Å². The molecule has 1 aromatic carbocycles. The van der Waals surface area contributed by atoms with Gasteiger partial charge in [-0.1, -0.05) is 13.3 Å². The Morgan fingerprint density at radius 3 is 2.69 bits per heavy atom. The lowest BCUT2D eigenvalue weighted by Crippen LogP contribution is -2.62. The number of piperazine rings is 1. The molecule has 0 aliphatic carbocycles. The molecule has 1 amide bonds. The Balaban J connectivity index is 1.81. The number of hydrazine groups is 1. The lowest BCUT2D eigenvalue weighted by Gasteiger charge is -2.37. The molecule has 0 aromatic heterocycles. The minimum absolute atomic E-state index is 0.0965. The molecule has 10 nitrogen and oxygen atoms in total. The van der Waals surface area contributed by atoms with Crippen LogP contribution in [-0.2, 0) is 14.8 Å². The predicted octanol–water partition coefficient (Wildman–Crippen LogP) is -0.247. The number of ether oxygens (including phenoxy) is 1. The number of carbonyl (C=O) groups excluding carboxylic acids is 1. The third-order valence-electron chi connectivity index (χ3n) is 5.64. The Labute approximate surface area is 201 Å². The van der Waals surface area contributed by atoms with E-state index in [1.165, 1.54) is 6.07 Å². The number of carbonyl (C=O) groups is 1. The molecule has 3 saturated heterocycles. The highest BCUT2D eigenvalue weighted by molar-refractivity contribution is 7.89. The lowest BCUT2D eigenvalue weighted by atomic mass is 9.94. The van der Waals surface area contributed by atoms with E-state index in [1.54, 1.807) is 24.3 Å². The molecule has 4 atom stereocenters. The minimum Gasteiger partial charge on any atom is -0.493 e. The summed E-state index contributed by atoms with van der Waals surface area (Å²) >= 11 is 0. The number of likely N-dealkylation sites (N-methyl/N-ethyl adjacent to an activating group) is 1. The van der Waals surface area contributed by atoms with Gasteiger partial charge in [0.1, 0.15) is 18.0 Å². The van der Waals surface area contributed by atoms with Crippen molar-refractivity contribution in [3.63, 3.8) is 0 Å². The molecular formula is C21H34N6O4S. The van der Waals surface area contributed by atoms with E-state index in [1.807, 2.05) is 6.92 Å². The zero-order chi connectivity index (χ0) is 30.1. The number of hydrogen-bond donors (Lipinski definition) is 4. The molecule has 4 unspecified atom stereocenters. The van der Waals surface area contributed by atoms with Gasteiger partial charge in [-0.15, -0.1) is 0 Å². The van der Waals surface area contributed by atoms with E-state index in [0.717, 1.165) is 25.0 Å². The molecule has 0 bridgehead atoms. The summed E-state index contributed by atoms with van der Waals surface area (Å²) in [6, 6.07) is 2.43. The fourth-order valence-corrected chi connectivity index (χ4v) is 5.31. The Morgan fingerprint density at radius 1 is 1.25 bits per heavy atom. The van der Waals surface area contributed by atoms with Crippen molar-refractivity contribution in [2.45, 2.75) is 55.9 Å². The monoisotopic (exact) mass is 474 g/mol. The maximum atomic E-state index is 13.8. The van der Waals surface area contributed by atoms with Crippen molar-refractivity contribution in [2.75, 3.05) is 39.6 Å². The molecule has 3 aliphatic heterocycles. The van der Waals surface area contributed by atoms with Crippen molar-refractivity contribution in [3.05, 3.63) is 23.8 Å². The van der Waals surface area contributed by atoms with E-state index < -0.39 is 57.4 Å². The van der Waals surface area contributed by atoms with Gasteiger partial charge in [0.05, 0.1) is 17.5 Å². The van der Waals surface area contributed by atoms with Crippen LogP contribution in [0.15, 0.2) is 23.1 Å². The summed E-state index contributed by atoms with van der Waals surface area (Å²) in [7, 11) is -3.47. The van der Waals surface area contributed by atoms with Crippen LogP contribution in [0.2, 0.25) is 0 Å². The number of benzene rings is 1. The largest absolute Gasteiger partial charge is 0.493 e. The summed E-state index contributed by atoms with van der Waals surface area (Å²) in [6.45, 7) is -9.78. The third-order valence-corrected chi connectivity index (χ3v) is 7.16. The number of sulfonamides is 1. The van der Waals surface area contributed by atoms with Crippen molar-refractivity contribution in [2.24, 2.45) is 0 Å². The second-order valence-corrected chi connectivity index (χ2v) is 9.50. The van der Waals surface area contributed by atoms with Crippen LogP contribution in [0.3, 0.4) is 0 Å². The fraction of sp³-hybridized carbons (Fsp3) is 0.667. The van der Waals surface area contributed by atoms with Gasteiger partial charge in [0.15, 0.2) is 0 Å². The van der Waals surface area contributed by atoms with Gasteiger partial charge in [0, 0.05) is 55.6 Å². The summed E-state index contributed by atoms with van der Waals surface area (Å²) in [5.74, 6) is -0.115. The predicted molar refractivity (Wildman–Crippen MR) is 120 cm³/mol. The Bertz CT molecular complexity index is 1240. The average Bonchev–Trinajstić information content (AvgIpc) is 3.13. The number of nitrogens with zero attached hydrogens (tertiary/aromatic N) is 2. The van der Waals surface area contributed by atoms with Crippen molar-refractivity contribution < 1.29 is 28.9 Å². The van der Waals surface area contributed by atoms with Crippen molar-refractivity contribution in [1.29, 1.82) is 0 Å². The number of amides is 1. The van der Waals surface area contributed by atoms with Crippen LogP contribution >= 0.6 is 0 Å². The molecule has 3 aliphatic rings. The molecule has 32 heavy (non-hydrogen) atoms. The summed E-state index contributed by atoms with van der Waals surface area (Å²) in [5.41, 5.74) is 3.44. The molecule has 0 saturated carbocycles. The Morgan fingerprint density at radius 2 is 2.00 bits per heavy atom. The molecular weight excluding hydrogens is 432 g/mol. The van der Waals surface area contributed by atoms with Crippen molar-refractivity contribution >= 4 is 15.9 Å². The second kappa shape index (κ2) is 9.62. The van der Waals surface area contributed by atoms with Crippen LogP contribution in [0.4, 0.5) is 0 Å². The van der Waals surface area contributed by atoms with Crippen LogP contribution in [0.1, 0.15) is 49.4 Å². The van der Waals surface area contributed by atoms with Crippen LogP contribution < -0.4 is 26.1 Å². The number of nitrogens with one attached hydrogen (secondary N) is 4. The molecule has 4 N–H and O–H groups in total. The number of rotatable bonds is 7. The normalized spacial score (nSPS) is 39.5. The fourth-order valence-electron chi connectivity index (χ4n) is 4.26. The molecule has 4 rings (SSSR count). The Kier molecular flexibility index (Phi) is 4.57. The number of hydrogen-bond acceptors (Lipinski definition) is 8. The van der Waals surface area contributed by atoms with Crippen LogP contribution in [-0.4, -0.2) is 81.4 Å². The van der Waals surface area contributed by atoms with Crippen molar-refractivity contribution in [1.82, 2.24) is 30.7 Å². The van der Waals surface area contributed by atoms with Gasteiger partial charge < -0.3 is 15.4 Å². The van der Waals surface area contributed by atoms with Gasteiger partial charge in [0.25, 0.3) is 0 Å². The maximum Gasteiger partial charge on any atom is 0.243 e. The van der Waals surface area contributed by atoms with E-state index in [4.69, 9.17) is 15.7 Å². The molecule has 0 radical (unpaired) electrons. The highest BCUT2D eigenvalue weighted by Crippen LogP contribution is 2.32. The van der Waals surface area contributed by atoms with E-state index in [-0.39, 0.29) is 35.9 Å². The first kappa shape index (κ1) is 15.2. The lowest BCUT2D eigenvalue weighted by molar-refractivity contribution is -0.129. The van der Waals surface area contributed by atoms with Crippen LogP contribution in [0.5, 0.6) is 5.75 Å². The summed E-state index contributed by atoms with van der Waals surface area (Å²) in [4.78, 5) is 12.5. The summed E-state index contributed by atoms with van der Waals surface area (Å²) in [6.07, 6.45) is 0.658. The molecule has 3 heterocycles. The van der Waals surface area contributed by atoms with E-state index in [9.17, 15) is 13.2 Å². The first-order valence-corrected chi connectivity index (χ1v) is 11.9. The number of fused-ring (bicyclic) bond motifs is 1.